The zero-order valence-electron chi connectivity index (χ0n) is 47.4. The Hall–Kier alpha value is -0.730. The maximum atomic E-state index is 14.1. The Balaban J connectivity index is 2.79. The van der Waals surface area contributed by atoms with Crippen LogP contribution in [0.4, 0.5) is 0 Å². The van der Waals surface area contributed by atoms with Crippen molar-refractivity contribution in [1.29, 1.82) is 0 Å². The lowest BCUT2D eigenvalue weighted by Gasteiger charge is -2.39. The van der Waals surface area contributed by atoms with Crippen molar-refractivity contribution < 1.29 is 9.90 Å². The van der Waals surface area contributed by atoms with Crippen molar-refractivity contribution in [3.8, 4) is 0 Å². The molecule has 7 heteroatoms. The Morgan fingerprint density at radius 2 is 0.588 bits per heavy atom. The lowest BCUT2D eigenvalue weighted by molar-refractivity contribution is -0.136. The quantitative estimate of drug-likeness (QED) is 0.0613. The largest absolute Gasteiger partial charge is 0.377 e. The number of carbonyl (C=O) groups excluding carboxylic acids is 1. The van der Waals surface area contributed by atoms with Crippen LogP contribution in [0.2, 0.25) is 0 Å². The van der Waals surface area contributed by atoms with E-state index in [9.17, 15) is 9.90 Å². The van der Waals surface area contributed by atoms with Crippen molar-refractivity contribution in [1.82, 2.24) is 24.5 Å². The van der Waals surface area contributed by atoms with E-state index >= 15 is 0 Å². The monoisotopic (exact) mass is 960 g/mol. The molecule has 68 heavy (non-hydrogen) atoms. The van der Waals surface area contributed by atoms with Gasteiger partial charge in [0.25, 0.3) is 0 Å². The molecule has 1 amide bonds. The van der Waals surface area contributed by atoms with Gasteiger partial charge in [0, 0.05) is 45.8 Å². The topological polar surface area (TPSA) is 53.5 Å². The molecule has 1 unspecified atom stereocenters. The van der Waals surface area contributed by atoms with Crippen LogP contribution in [0, 0.1) is 0 Å². The maximum absolute atomic E-state index is 14.1. The van der Waals surface area contributed by atoms with Gasteiger partial charge in [-0.25, -0.2) is 0 Å². The first-order chi connectivity index (χ1) is 33.5. The van der Waals surface area contributed by atoms with Gasteiger partial charge in [0.15, 0.2) is 0 Å². The Morgan fingerprint density at radius 1 is 0.338 bits per heavy atom. The summed E-state index contributed by atoms with van der Waals surface area (Å²) in [7, 11) is 0. The number of nitrogens with zero attached hydrogens (tertiary/aromatic N) is 5. The molecule has 0 aromatic heterocycles. The first kappa shape index (κ1) is 65.3. The normalized spacial score (nSPS) is 14.1. The molecule has 1 rings (SSSR count). The number of aliphatic hydroxyl groups excluding tert-OH is 1. The summed E-state index contributed by atoms with van der Waals surface area (Å²) in [5, 5.41) is 11.6. The summed E-state index contributed by atoms with van der Waals surface area (Å²) in [5.74, 6) is 0.303. The van der Waals surface area contributed by atoms with Gasteiger partial charge in [-0.05, 0) is 64.8 Å². The van der Waals surface area contributed by atoms with Crippen LogP contribution in [-0.2, 0) is 4.79 Å². The van der Waals surface area contributed by atoms with E-state index < -0.39 is 6.23 Å². The molecule has 0 aromatic carbocycles. The third kappa shape index (κ3) is 40.8. The van der Waals surface area contributed by atoms with Crippen molar-refractivity contribution in [3.63, 3.8) is 0 Å². The Kier molecular flexibility index (Phi) is 49.1. The summed E-state index contributed by atoms with van der Waals surface area (Å²) in [6.07, 6.45) is 55.1. The van der Waals surface area contributed by atoms with Crippen LogP contribution in [0.1, 0.15) is 298 Å². The van der Waals surface area contributed by atoms with Gasteiger partial charge in [-0.2, -0.15) is 0 Å². The molecule has 1 heterocycles. The summed E-state index contributed by atoms with van der Waals surface area (Å²) in [5.41, 5.74) is 0. The van der Waals surface area contributed by atoms with Gasteiger partial charge in [0.05, 0.1) is 6.54 Å². The van der Waals surface area contributed by atoms with Crippen molar-refractivity contribution >= 4 is 5.91 Å². The molecule has 0 aromatic rings. The predicted octanol–water partition coefficient (Wildman–Crippen LogP) is 16.4. The molecule has 0 radical (unpaired) electrons. The number of aliphatic hydroxyl groups is 1. The highest BCUT2D eigenvalue weighted by Crippen LogP contribution is 2.16. The molecule has 7 nitrogen and oxygen atoms in total. The molecule has 0 bridgehead atoms. The molecular formula is C61H125N5O2. The minimum absolute atomic E-state index is 0.303. The van der Waals surface area contributed by atoms with E-state index in [0.717, 1.165) is 65.4 Å². The van der Waals surface area contributed by atoms with Gasteiger partial charge in [-0.1, -0.05) is 266 Å². The minimum Gasteiger partial charge on any atom is -0.377 e. The van der Waals surface area contributed by atoms with E-state index in [1.54, 1.807) is 0 Å². The SMILES string of the molecule is CCCCCCCCCCCCN(CCCCCCCCCCCC)CCN(CCCCCCCCC)CC(=O)N1CCN(C(O)CN(CCCCCCCCC)CCCCCCCCC)CC1. The molecule has 1 atom stereocenters. The van der Waals surface area contributed by atoms with Gasteiger partial charge in [-0.3, -0.25) is 19.5 Å². The second-order valence-corrected chi connectivity index (χ2v) is 22.0. The summed E-state index contributed by atoms with van der Waals surface area (Å²) in [6.45, 7) is 23.6. The van der Waals surface area contributed by atoms with Gasteiger partial charge in [0.1, 0.15) is 6.23 Å². The van der Waals surface area contributed by atoms with Crippen LogP contribution in [0.15, 0.2) is 0 Å². The fraction of sp³-hybridized carbons (Fsp3) is 0.984. The average Bonchev–Trinajstić information content (AvgIpc) is 3.35. The van der Waals surface area contributed by atoms with Gasteiger partial charge in [-0.15, -0.1) is 0 Å². The second kappa shape index (κ2) is 51.2. The molecule has 1 saturated heterocycles. The standard InChI is InChI=1S/C61H125N5O2/c1-6-11-16-21-26-28-30-35-37-42-47-62(48-43-38-36-31-29-27-22-17-12-7-2)52-53-64(51-46-41-34-25-20-15-10-5)59-61(68)66-56-54-65(55-57-66)60(67)58-63(49-44-39-32-23-18-13-8-3)50-45-40-33-24-19-14-9-4/h60,67H,6-59H2,1-5H3. The van der Waals surface area contributed by atoms with Gasteiger partial charge < -0.3 is 14.9 Å². The van der Waals surface area contributed by atoms with E-state index in [2.05, 4.69) is 59.1 Å². The highest BCUT2D eigenvalue weighted by Gasteiger charge is 2.27. The number of carbonyl (C=O) groups is 1. The van der Waals surface area contributed by atoms with Crippen molar-refractivity contribution in [2.24, 2.45) is 0 Å². The molecule has 1 aliphatic rings. The van der Waals surface area contributed by atoms with E-state index in [4.69, 9.17) is 0 Å². The van der Waals surface area contributed by atoms with Gasteiger partial charge >= 0.3 is 0 Å². The maximum Gasteiger partial charge on any atom is 0.236 e. The summed E-state index contributed by atoms with van der Waals surface area (Å²) in [4.78, 5) is 26.4. The van der Waals surface area contributed by atoms with Crippen LogP contribution in [0.5, 0.6) is 0 Å². The smallest absolute Gasteiger partial charge is 0.236 e. The van der Waals surface area contributed by atoms with Crippen molar-refractivity contribution in [3.05, 3.63) is 0 Å². The zero-order chi connectivity index (χ0) is 49.2. The zero-order valence-corrected chi connectivity index (χ0v) is 47.4. The number of unbranched alkanes of at least 4 members (excludes halogenated alkanes) is 36. The van der Waals surface area contributed by atoms with Gasteiger partial charge in [0.2, 0.25) is 5.91 Å². The summed E-state index contributed by atoms with van der Waals surface area (Å²) in [6, 6.07) is 0. The van der Waals surface area contributed by atoms with E-state index in [-0.39, 0.29) is 0 Å². The minimum atomic E-state index is -0.452. The Labute approximate surface area is 427 Å². The molecule has 0 saturated carbocycles. The van der Waals surface area contributed by atoms with Crippen LogP contribution in [0.25, 0.3) is 0 Å². The van der Waals surface area contributed by atoms with Crippen molar-refractivity contribution in [2.45, 2.75) is 304 Å². The highest BCUT2D eigenvalue weighted by molar-refractivity contribution is 5.78. The summed E-state index contributed by atoms with van der Waals surface area (Å²) < 4.78 is 0. The van der Waals surface area contributed by atoms with Crippen LogP contribution < -0.4 is 0 Å². The second-order valence-electron chi connectivity index (χ2n) is 22.0. The molecule has 1 aliphatic heterocycles. The average molecular weight is 961 g/mol. The molecule has 1 N–H and O–H groups in total. The van der Waals surface area contributed by atoms with Crippen LogP contribution in [-0.4, -0.2) is 127 Å². The number of piperazine rings is 1. The third-order valence-electron chi connectivity index (χ3n) is 15.5. The third-order valence-corrected chi connectivity index (χ3v) is 15.5. The summed E-state index contributed by atoms with van der Waals surface area (Å²) >= 11 is 0. The van der Waals surface area contributed by atoms with Crippen molar-refractivity contribution in [2.75, 3.05) is 85.1 Å². The Morgan fingerprint density at radius 3 is 0.897 bits per heavy atom. The predicted molar refractivity (Wildman–Crippen MR) is 301 cm³/mol. The number of rotatable bonds is 54. The molecular weight excluding hydrogens is 835 g/mol. The van der Waals surface area contributed by atoms with Crippen LogP contribution >= 0.6 is 0 Å². The van der Waals surface area contributed by atoms with E-state index in [0.29, 0.717) is 12.5 Å². The molecule has 1 fully saturated rings. The van der Waals surface area contributed by atoms with E-state index in [1.807, 2.05) is 0 Å². The lowest BCUT2D eigenvalue weighted by atomic mass is 10.1. The Bertz CT molecular complexity index is 965. The molecule has 0 spiro atoms. The number of hydrogen-bond donors (Lipinski definition) is 1. The molecule has 0 aliphatic carbocycles. The first-order valence-corrected chi connectivity index (χ1v) is 31.4. The van der Waals surface area contributed by atoms with Crippen LogP contribution in [0.3, 0.4) is 0 Å². The van der Waals surface area contributed by atoms with E-state index in [1.165, 1.54) is 276 Å². The fourth-order valence-corrected chi connectivity index (χ4v) is 10.6. The highest BCUT2D eigenvalue weighted by atomic mass is 16.3. The number of hydrogen-bond acceptors (Lipinski definition) is 6. The number of amides is 1. The first-order valence-electron chi connectivity index (χ1n) is 31.4. The molecule has 406 valence electrons. The lowest BCUT2D eigenvalue weighted by Crippen LogP contribution is -2.56. The fourth-order valence-electron chi connectivity index (χ4n) is 10.6.